The zero-order valence-electron chi connectivity index (χ0n) is 14.4. The summed E-state index contributed by atoms with van der Waals surface area (Å²) in [5, 5.41) is 19.5. The zero-order chi connectivity index (χ0) is 18.8. The van der Waals surface area contributed by atoms with E-state index >= 15 is 0 Å². The van der Waals surface area contributed by atoms with Gasteiger partial charge in [-0.1, -0.05) is 23.9 Å². The molecule has 0 saturated heterocycles. The van der Waals surface area contributed by atoms with Gasteiger partial charge in [-0.3, -0.25) is 10.1 Å². The van der Waals surface area contributed by atoms with Crippen LogP contribution in [0.5, 0.6) is 0 Å². The number of hydrogen-bond donors (Lipinski definition) is 1. The lowest BCUT2D eigenvalue weighted by Crippen LogP contribution is -2.30. The highest BCUT2D eigenvalue weighted by molar-refractivity contribution is 7.98. The number of nitrogens with zero attached hydrogens (tertiary/aromatic N) is 4. The van der Waals surface area contributed by atoms with E-state index in [0.29, 0.717) is 22.4 Å². The number of rotatable bonds is 5. The van der Waals surface area contributed by atoms with Gasteiger partial charge in [0.2, 0.25) is 11.1 Å². The summed E-state index contributed by atoms with van der Waals surface area (Å²) in [7, 11) is 0. The number of ether oxygens (including phenoxy) is 1. The predicted molar refractivity (Wildman–Crippen MR) is 96.0 cm³/mol. The number of aromatic nitrogens is 3. The fraction of sp³-hybridized carbons (Fsp3) is 0.312. The molecule has 0 amide bonds. The Morgan fingerprint density at radius 3 is 2.85 bits per heavy atom. The summed E-state index contributed by atoms with van der Waals surface area (Å²) < 4.78 is 6.67. The number of carbonyl (C=O) groups is 1. The Hall–Kier alpha value is -2.88. The lowest BCUT2D eigenvalue weighted by atomic mass is 9.94. The molecule has 9 nitrogen and oxygen atoms in total. The van der Waals surface area contributed by atoms with Crippen molar-refractivity contribution in [1.82, 2.24) is 14.8 Å². The van der Waals surface area contributed by atoms with Crippen LogP contribution in [0.25, 0.3) is 0 Å². The van der Waals surface area contributed by atoms with E-state index in [0.717, 1.165) is 0 Å². The second-order valence-electron chi connectivity index (χ2n) is 5.47. The first-order valence-corrected chi connectivity index (χ1v) is 9.09. The van der Waals surface area contributed by atoms with Crippen molar-refractivity contribution in [2.24, 2.45) is 0 Å². The number of nitrogens with one attached hydrogen (secondary N) is 1. The highest BCUT2D eigenvalue weighted by Crippen LogP contribution is 2.39. The first kappa shape index (κ1) is 17.9. The maximum atomic E-state index is 12.6. The fourth-order valence-electron chi connectivity index (χ4n) is 2.86. The summed E-state index contributed by atoms with van der Waals surface area (Å²) in [6, 6.07) is 5.49. The molecule has 10 heteroatoms. The van der Waals surface area contributed by atoms with Crippen molar-refractivity contribution in [2.75, 3.05) is 18.2 Å². The molecule has 1 unspecified atom stereocenters. The number of hydrogen-bond acceptors (Lipinski definition) is 8. The highest BCUT2D eigenvalue weighted by Gasteiger charge is 2.38. The van der Waals surface area contributed by atoms with E-state index in [1.165, 1.54) is 22.5 Å². The Labute approximate surface area is 153 Å². The molecule has 1 aliphatic heterocycles. The number of allylic oxidation sites excluding steroid dienone is 1. The smallest absolute Gasteiger partial charge is 0.338 e. The molecule has 0 radical (unpaired) electrons. The highest BCUT2D eigenvalue weighted by atomic mass is 32.2. The molecule has 3 rings (SSSR count). The molecule has 1 atom stereocenters. The van der Waals surface area contributed by atoms with Gasteiger partial charge in [0.25, 0.3) is 5.69 Å². The van der Waals surface area contributed by atoms with Crippen LogP contribution in [0, 0.1) is 10.1 Å². The van der Waals surface area contributed by atoms with E-state index in [2.05, 4.69) is 15.4 Å². The fourth-order valence-corrected chi connectivity index (χ4v) is 3.21. The molecular weight excluding hydrogens is 358 g/mol. The van der Waals surface area contributed by atoms with Crippen LogP contribution in [0.1, 0.15) is 25.5 Å². The lowest BCUT2D eigenvalue weighted by molar-refractivity contribution is -0.385. The standard InChI is InChI=1S/C16H17N5O4S/c1-4-25-14(22)12-9(2)17-15-18-16(26-3)19-20(15)13(12)10-7-5-6-8-11(10)21(23)24/h5-8,13H,4H2,1-3H3,(H,17,18,19). The molecule has 0 fully saturated rings. The third kappa shape index (κ3) is 3.03. The van der Waals surface area contributed by atoms with Crippen LogP contribution in [0.4, 0.5) is 11.6 Å². The van der Waals surface area contributed by atoms with Crippen molar-refractivity contribution >= 4 is 29.4 Å². The maximum absolute atomic E-state index is 12.6. The van der Waals surface area contributed by atoms with Crippen LogP contribution in [0.2, 0.25) is 0 Å². The van der Waals surface area contributed by atoms with Gasteiger partial charge in [-0.15, -0.1) is 5.10 Å². The number of para-hydroxylation sites is 1. The summed E-state index contributed by atoms with van der Waals surface area (Å²) in [4.78, 5) is 28.0. The van der Waals surface area contributed by atoms with Crippen molar-refractivity contribution in [3.63, 3.8) is 0 Å². The SMILES string of the molecule is CCOC(=O)C1=C(C)Nc2nc(SC)nn2C1c1ccccc1[N+](=O)[O-]. The Morgan fingerprint density at radius 2 is 2.19 bits per heavy atom. The van der Waals surface area contributed by atoms with Crippen molar-refractivity contribution in [1.29, 1.82) is 0 Å². The number of thioether (sulfide) groups is 1. The van der Waals surface area contributed by atoms with E-state index in [9.17, 15) is 14.9 Å². The minimum atomic E-state index is -0.805. The molecule has 1 aromatic heterocycles. The van der Waals surface area contributed by atoms with Gasteiger partial charge in [-0.25, -0.2) is 9.48 Å². The number of anilines is 1. The van der Waals surface area contributed by atoms with Crippen LogP contribution < -0.4 is 5.32 Å². The van der Waals surface area contributed by atoms with E-state index in [1.54, 1.807) is 32.0 Å². The molecule has 1 aromatic carbocycles. The molecule has 2 aromatic rings. The zero-order valence-corrected chi connectivity index (χ0v) is 15.2. The number of nitro benzene ring substituents is 1. The Morgan fingerprint density at radius 1 is 1.46 bits per heavy atom. The molecule has 0 saturated carbocycles. The predicted octanol–water partition coefficient (Wildman–Crippen LogP) is 2.76. The minimum Gasteiger partial charge on any atom is -0.463 e. The number of esters is 1. The minimum absolute atomic E-state index is 0.0962. The summed E-state index contributed by atoms with van der Waals surface area (Å²) in [5.41, 5.74) is 1.05. The lowest BCUT2D eigenvalue weighted by Gasteiger charge is -2.27. The average Bonchev–Trinajstić information content (AvgIpc) is 3.03. The van der Waals surface area contributed by atoms with Gasteiger partial charge in [-0.05, 0) is 26.2 Å². The third-order valence-corrected chi connectivity index (χ3v) is 4.48. The summed E-state index contributed by atoms with van der Waals surface area (Å²) >= 11 is 1.34. The number of carbonyl (C=O) groups excluding carboxylic acids is 1. The van der Waals surface area contributed by atoms with Gasteiger partial charge in [0.1, 0.15) is 6.04 Å². The van der Waals surface area contributed by atoms with Crippen LogP contribution in [0.15, 0.2) is 40.7 Å². The molecule has 136 valence electrons. The third-order valence-electron chi connectivity index (χ3n) is 3.94. The molecule has 1 aliphatic rings. The maximum Gasteiger partial charge on any atom is 0.338 e. The largest absolute Gasteiger partial charge is 0.463 e. The Bertz CT molecular complexity index is 908. The first-order valence-electron chi connectivity index (χ1n) is 7.86. The second-order valence-corrected chi connectivity index (χ2v) is 6.24. The van der Waals surface area contributed by atoms with Gasteiger partial charge >= 0.3 is 5.97 Å². The van der Waals surface area contributed by atoms with Gasteiger partial charge < -0.3 is 10.1 Å². The molecule has 0 spiro atoms. The topological polar surface area (TPSA) is 112 Å². The van der Waals surface area contributed by atoms with Crippen LogP contribution in [-0.2, 0) is 9.53 Å². The molecule has 1 N–H and O–H groups in total. The molecular formula is C16H17N5O4S. The van der Waals surface area contributed by atoms with E-state index in [4.69, 9.17) is 4.74 Å². The monoisotopic (exact) mass is 375 g/mol. The Kier molecular flexibility index (Phi) is 4.94. The molecule has 26 heavy (non-hydrogen) atoms. The first-order chi connectivity index (χ1) is 12.5. The van der Waals surface area contributed by atoms with Crippen LogP contribution in [0.3, 0.4) is 0 Å². The van der Waals surface area contributed by atoms with Crippen molar-refractivity contribution < 1.29 is 14.5 Å². The average molecular weight is 375 g/mol. The normalized spacial score (nSPS) is 16.0. The second kappa shape index (κ2) is 7.16. The van der Waals surface area contributed by atoms with Gasteiger partial charge in [-0.2, -0.15) is 4.98 Å². The van der Waals surface area contributed by atoms with E-state index in [1.807, 2.05) is 6.26 Å². The summed E-state index contributed by atoms with van der Waals surface area (Å²) in [5.74, 6) is -0.129. The van der Waals surface area contributed by atoms with Gasteiger partial charge in [0.15, 0.2) is 0 Å². The molecule has 0 bridgehead atoms. The molecule has 2 heterocycles. The van der Waals surface area contributed by atoms with Gasteiger partial charge in [0.05, 0.1) is 22.7 Å². The van der Waals surface area contributed by atoms with Crippen molar-refractivity contribution in [3.8, 4) is 0 Å². The summed E-state index contributed by atoms with van der Waals surface area (Å²) in [6.07, 6.45) is 1.83. The number of benzene rings is 1. The number of fused-ring (bicyclic) bond motifs is 1. The van der Waals surface area contributed by atoms with Crippen molar-refractivity contribution in [3.05, 3.63) is 51.2 Å². The quantitative estimate of drug-likeness (QED) is 0.367. The van der Waals surface area contributed by atoms with E-state index < -0.39 is 16.9 Å². The summed E-state index contributed by atoms with van der Waals surface area (Å²) in [6.45, 7) is 3.61. The van der Waals surface area contributed by atoms with Crippen molar-refractivity contribution in [2.45, 2.75) is 25.0 Å². The van der Waals surface area contributed by atoms with Gasteiger partial charge in [0, 0.05) is 11.8 Å². The molecule has 0 aliphatic carbocycles. The van der Waals surface area contributed by atoms with Crippen LogP contribution in [-0.4, -0.2) is 38.5 Å². The van der Waals surface area contributed by atoms with Crippen LogP contribution >= 0.6 is 11.8 Å². The van der Waals surface area contributed by atoms with E-state index in [-0.39, 0.29) is 17.9 Å². The Balaban J connectivity index is 2.25. The number of nitro groups is 1.